The summed E-state index contributed by atoms with van der Waals surface area (Å²) in [6.07, 6.45) is 4.06. The van der Waals surface area contributed by atoms with E-state index in [0.29, 0.717) is 42.9 Å². The number of esters is 1. The first kappa shape index (κ1) is 28.0. The molecule has 0 amide bonds. The number of Topliss-reactive ketones (excluding diaryl/α,β-unsaturated/α-hetero) is 1. The molecule has 4 fully saturated rings. The van der Waals surface area contributed by atoms with Gasteiger partial charge in [-0.25, -0.2) is 0 Å². The Bertz CT molecular complexity index is 872. The average Bonchev–Trinajstić information content (AvgIpc) is 3.09. The molecule has 36 heavy (non-hydrogen) atoms. The highest BCUT2D eigenvalue weighted by Crippen LogP contribution is 2.70. The fraction of sp³-hybridized carbons (Fsp3) is 0.933. The Balaban J connectivity index is 1.62. The number of aliphatic hydroxyl groups is 3. The molecule has 0 radical (unpaired) electrons. The van der Waals surface area contributed by atoms with Crippen LogP contribution in [0, 0.1) is 46.3 Å². The number of rotatable bonds is 6. The molecule has 0 bridgehead atoms. The van der Waals surface area contributed by atoms with Gasteiger partial charge in [-0.2, -0.15) is 0 Å². The molecule has 6 nitrogen and oxygen atoms in total. The first-order valence-electron chi connectivity index (χ1n) is 14.4. The summed E-state index contributed by atoms with van der Waals surface area (Å²) in [7, 11) is 0. The van der Waals surface area contributed by atoms with Crippen LogP contribution in [0.25, 0.3) is 0 Å². The largest absolute Gasteiger partial charge is 0.462 e. The maximum absolute atomic E-state index is 13.8. The van der Waals surface area contributed by atoms with E-state index in [0.717, 1.165) is 19.3 Å². The minimum Gasteiger partial charge on any atom is -0.462 e. The second-order valence-corrected chi connectivity index (χ2v) is 14.1. The first-order valence-corrected chi connectivity index (χ1v) is 14.4. The lowest BCUT2D eigenvalue weighted by Gasteiger charge is -2.68. The van der Waals surface area contributed by atoms with Gasteiger partial charge in [-0.3, -0.25) is 9.59 Å². The van der Waals surface area contributed by atoms with E-state index >= 15 is 0 Å². The van der Waals surface area contributed by atoms with Crippen LogP contribution in [0.15, 0.2) is 0 Å². The third kappa shape index (κ3) is 4.00. The molecule has 0 aromatic carbocycles. The van der Waals surface area contributed by atoms with Gasteiger partial charge in [0, 0.05) is 25.2 Å². The quantitative estimate of drug-likeness (QED) is 0.453. The van der Waals surface area contributed by atoms with Crippen molar-refractivity contribution in [2.75, 3.05) is 0 Å². The Labute approximate surface area is 217 Å². The summed E-state index contributed by atoms with van der Waals surface area (Å²) in [5.41, 5.74) is -4.47. The highest BCUT2D eigenvalue weighted by molar-refractivity contribution is 5.86. The molecular formula is C30H50O6. The molecule has 0 unspecified atom stereocenters. The van der Waals surface area contributed by atoms with Crippen molar-refractivity contribution >= 4 is 11.8 Å². The summed E-state index contributed by atoms with van der Waals surface area (Å²) in [6, 6.07) is 0. The van der Waals surface area contributed by atoms with Gasteiger partial charge in [0.2, 0.25) is 0 Å². The highest BCUT2D eigenvalue weighted by Gasteiger charge is 2.76. The molecule has 4 saturated carbocycles. The zero-order chi connectivity index (χ0) is 26.8. The fourth-order valence-electron chi connectivity index (χ4n) is 9.37. The van der Waals surface area contributed by atoms with E-state index in [1.54, 1.807) is 0 Å². The van der Waals surface area contributed by atoms with Gasteiger partial charge in [-0.15, -0.1) is 0 Å². The van der Waals surface area contributed by atoms with Crippen molar-refractivity contribution < 1.29 is 29.6 Å². The third-order valence-electron chi connectivity index (χ3n) is 12.0. The van der Waals surface area contributed by atoms with Gasteiger partial charge in [0.25, 0.3) is 0 Å². The van der Waals surface area contributed by atoms with Crippen LogP contribution in [0.2, 0.25) is 0 Å². The molecule has 3 N–H and O–H groups in total. The van der Waals surface area contributed by atoms with E-state index in [1.807, 2.05) is 6.92 Å². The summed E-state index contributed by atoms with van der Waals surface area (Å²) in [6.45, 7) is 14.6. The fourth-order valence-corrected chi connectivity index (χ4v) is 9.37. The lowest BCUT2D eigenvalue weighted by atomic mass is 9.39. The standard InChI is InChI=1S/C30H50O6/c1-17(2)18(3)8-9-19(4)22-10-11-23-26-24(32)15-29(34)14-21(36-20(5)31)12-13-28(29,7)30(26,35)25(33)16-27(22,23)6/h17-19,21-23,25-26,33-35H,8-16H2,1-7H3/t18-,19+,21+,22+,23-,25-,26-,27+,28+,29-,30+/m0/s1. The second kappa shape index (κ2) is 9.34. The molecule has 0 aromatic rings. The predicted octanol–water partition coefficient (Wildman–Crippen LogP) is 4.67. The normalized spacial score (nSPS) is 48.1. The summed E-state index contributed by atoms with van der Waals surface area (Å²) in [4.78, 5) is 25.4. The molecule has 206 valence electrons. The van der Waals surface area contributed by atoms with E-state index in [1.165, 1.54) is 13.3 Å². The molecule has 4 aliphatic rings. The van der Waals surface area contributed by atoms with Gasteiger partial charge < -0.3 is 20.1 Å². The van der Waals surface area contributed by atoms with Crippen molar-refractivity contribution in [1.82, 2.24) is 0 Å². The molecule has 0 heterocycles. The van der Waals surface area contributed by atoms with Gasteiger partial charge in [0.15, 0.2) is 0 Å². The number of fused-ring (bicyclic) bond motifs is 5. The minimum atomic E-state index is -1.69. The Morgan fingerprint density at radius 1 is 1.06 bits per heavy atom. The number of carbonyl (C=O) groups is 2. The van der Waals surface area contributed by atoms with E-state index in [-0.39, 0.29) is 30.0 Å². The first-order chi connectivity index (χ1) is 16.6. The van der Waals surface area contributed by atoms with Crippen molar-refractivity contribution in [3.8, 4) is 0 Å². The summed E-state index contributed by atoms with van der Waals surface area (Å²) in [5, 5.41) is 36.0. The van der Waals surface area contributed by atoms with E-state index in [2.05, 4.69) is 34.6 Å². The molecule has 0 saturated heterocycles. The van der Waals surface area contributed by atoms with Gasteiger partial charge in [-0.1, -0.05) is 54.4 Å². The third-order valence-corrected chi connectivity index (χ3v) is 12.0. The van der Waals surface area contributed by atoms with Crippen molar-refractivity contribution in [2.45, 2.75) is 130 Å². The molecule has 4 aliphatic carbocycles. The van der Waals surface area contributed by atoms with Crippen molar-refractivity contribution in [2.24, 2.45) is 46.3 Å². The van der Waals surface area contributed by atoms with Gasteiger partial charge >= 0.3 is 5.97 Å². The van der Waals surface area contributed by atoms with Crippen LogP contribution < -0.4 is 0 Å². The van der Waals surface area contributed by atoms with Crippen LogP contribution in [-0.4, -0.2) is 50.5 Å². The van der Waals surface area contributed by atoms with E-state index in [4.69, 9.17) is 4.74 Å². The smallest absolute Gasteiger partial charge is 0.302 e. The highest BCUT2D eigenvalue weighted by atomic mass is 16.5. The maximum Gasteiger partial charge on any atom is 0.302 e. The lowest BCUT2D eigenvalue weighted by Crippen LogP contribution is -2.78. The van der Waals surface area contributed by atoms with Crippen LogP contribution in [-0.2, 0) is 14.3 Å². The Morgan fingerprint density at radius 2 is 1.72 bits per heavy atom. The van der Waals surface area contributed by atoms with E-state index < -0.39 is 40.7 Å². The molecule has 0 aliphatic heterocycles. The summed E-state index contributed by atoms with van der Waals surface area (Å²) >= 11 is 0. The van der Waals surface area contributed by atoms with Gasteiger partial charge in [0.05, 0.1) is 17.6 Å². The minimum absolute atomic E-state index is 0.000871. The number of hydrogen-bond acceptors (Lipinski definition) is 6. The topological polar surface area (TPSA) is 104 Å². The number of ether oxygens (including phenoxy) is 1. The van der Waals surface area contributed by atoms with Crippen LogP contribution in [0.1, 0.15) is 106 Å². The van der Waals surface area contributed by atoms with Crippen LogP contribution in [0.3, 0.4) is 0 Å². The monoisotopic (exact) mass is 506 g/mol. The molecule has 4 rings (SSSR count). The molecule has 6 heteroatoms. The van der Waals surface area contributed by atoms with Crippen molar-refractivity contribution in [1.29, 1.82) is 0 Å². The Morgan fingerprint density at radius 3 is 2.33 bits per heavy atom. The van der Waals surface area contributed by atoms with Crippen molar-refractivity contribution in [3.63, 3.8) is 0 Å². The Kier molecular flexibility index (Phi) is 7.27. The van der Waals surface area contributed by atoms with Crippen LogP contribution in [0.4, 0.5) is 0 Å². The number of carbonyl (C=O) groups excluding carboxylic acids is 2. The summed E-state index contributed by atoms with van der Waals surface area (Å²) < 4.78 is 5.41. The molecular weight excluding hydrogens is 456 g/mol. The lowest BCUT2D eigenvalue weighted by molar-refractivity contribution is -0.310. The van der Waals surface area contributed by atoms with E-state index in [9.17, 15) is 24.9 Å². The number of hydrogen-bond donors (Lipinski definition) is 3. The Hall–Kier alpha value is -0.980. The zero-order valence-corrected chi connectivity index (χ0v) is 23.5. The summed E-state index contributed by atoms with van der Waals surface area (Å²) in [5.74, 6) is 0.998. The predicted molar refractivity (Wildman–Crippen MR) is 138 cm³/mol. The van der Waals surface area contributed by atoms with Crippen molar-refractivity contribution in [3.05, 3.63) is 0 Å². The molecule has 11 atom stereocenters. The number of aliphatic hydroxyl groups excluding tert-OH is 1. The van der Waals surface area contributed by atoms with Crippen LogP contribution >= 0.6 is 0 Å². The van der Waals surface area contributed by atoms with Crippen LogP contribution in [0.5, 0.6) is 0 Å². The molecule has 0 spiro atoms. The maximum atomic E-state index is 13.8. The zero-order valence-electron chi connectivity index (χ0n) is 23.5. The second-order valence-electron chi connectivity index (χ2n) is 14.1. The number of ketones is 1. The van der Waals surface area contributed by atoms with Gasteiger partial charge in [0.1, 0.15) is 17.5 Å². The molecule has 0 aromatic heterocycles. The SMILES string of the molecule is CC(=O)O[C@@H]1CC[C@]2(C)[C@@](O)(CC(=O)[C@@H]3[C@@H]4CC[C@H]([C@H](C)CC[C@H](C)C(C)C)[C@@]4(C)C[C@H](O)[C@@]32O)C1. The average molecular weight is 507 g/mol. The van der Waals surface area contributed by atoms with Gasteiger partial charge in [-0.05, 0) is 67.1 Å².